The zero-order valence-corrected chi connectivity index (χ0v) is 15.7. The topological polar surface area (TPSA) is 29.9 Å². The van der Waals surface area contributed by atoms with E-state index in [1.165, 1.54) is 4.88 Å². The van der Waals surface area contributed by atoms with Crippen LogP contribution in [0.3, 0.4) is 0 Å². The molecule has 0 aromatic carbocycles. The summed E-state index contributed by atoms with van der Waals surface area (Å²) in [6.45, 7) is 3.24. The van der Waals surface area contributed by atoms with Gasteiger partial charge in [0.1, 0.15) is 5.82 Å². The SMILES string of the molecule is CCCNC(CCc1nccn1C)c1cc(Br)c(Br)s1. The Hall–Kier alpha value is -0.170. The minimum Gasteiger partial charge on any atom is -0.338 e. The third-order valence-corrected chi connectivity index (χ3v) is 6.60. The normalized spacial score (nSPS) is 12.8. The van der Waals surface area contributed by atoms with Crippen molar-refractivity contribution in [3.63, 3.8) is 0 Å². The summed E-state index contributed by atoms with van der Waals surface area (Å²) in [6, 6.07) is 2.60. The summed E-state index contributed by atoms with van der Waals surface area (Å²) in [5, 5.41) is 3.64. The molecule has 0 fully saturated rings. The summed E-state index contributed by atoms with van der Waals surface area (Å²) in [5.41, 5.74) is 0. The van der Waals surface area contributed by atoms with E-state index in [-0.39, 0.29) is 0 Å². The van der Waals surface area contributed by atoms with Crippen molar-refractivity contribution < 1.29 is 0 Å². The van der Waals surface area contributed by atoms with E-state index in [1.54, 1.807) is 11.3 Å². The van der Waals surface area contributed by atoms with Crippen LogP contribution in [-0.2, 0) is 13.5 Å². The van der Waals surface area contributed by atoms with Gasteiger partial charge >= 0.3 is 0 Å². The maximum absolute atomic E-state index is 4.40. The van der Waals surface area contributed by atoms with Gasteiger partial charge in [-0.25, -0.2) is 4.98 Å². The summed E-state index contributed by atoms with van der Waals surface area (Å²) in [6.07, 6.45) is 7.05. The molecule has 2 rings (SSSR count). The number of imidazole rings is 1. The van der Waals surface area contributed by atoms with Gasteiger partial charge in [-0.3, -0.25) is 0 Å². The molecular weight excluding hydrogens is 402 g/mol. The number of thiophene rings is 1. The van der Waals surface area contributed by atoms with Crippen LogP contribution in [-0.4, -0.2) is 16.1 Å². The van der Waals surface area contributed by atoms with Gasteiger partial charge in [-0.1, -0.05) is 6.92 Å². The molecule has 0 aliphatic heterocycles. The van der Waals surface area contributed by atoms with Crippen LogP contribution in [0.4, 0.5) is 0 Å². The van der Waals surface area contributed by atoms with E-state index >= 15 is 0 Å². The number of aryl methyl sites for hydroxylation is 2. The van der Waals surface area contributed by atoms with Gasteiger partial charge in [-0.05, 0) is 57.3 Å². The number of nitrogens with one attached hydrogen (secondary N) is 1. The Morgan fingerprint density at radius 1 is 1.45 bits per heavy atom. The first kappa shape index (κ1) is 16.2. The minimum atomic E-state index is 0.388. The molecule has 0 saturated heterocycles. The lowest BCUT2D eigenvalue weighted by Gasteiger charge is -2.17. The first-order valence-corrected chi connectivity index (χ1v) is 9.16. The van der Waals surface area contributed by atoms with Crippen LogP contribution in [0, 0.1) is 0 Å². The Morgan fingerprint density at radius 2 is 2.25 bits per heavy atom. The van der Waals surface area contributed by atoms with Gasteiger partial charge < -0.3 is 9.88 Å². The smallest absolute Gasteiger partial charge is 0.108 e. The summed E-state index contributed by atoms with van der Waals surface area (Å²) in [7, 11) is 2.05. The lowest BCUT2D eigenvalue weighted by molar-refractivity contribution is 0.497. The maximum Gasteiger partial charge on any atom is 0.108 e. The van der Waals surface area contributed by atoms with E-state index in [1.807, 2.05) is 12.4 Å². The molecule has 1 N–H and O–H groups in total. The van der Waals surface area contributed by atoms with Crippen LogP contribution in [0.1, 0.15) is 36.5 Å². The summed E-state index contributed by atoms with van der Waals surface area (Å²) >= 11 is 8.95. The zero-order valence-electron chi connectivity index (χ0n) is 11.7. The lowest BCUT2D eigenvalue weighted by atomic mass is 10.1. The molecule has 0 aliphatic rings. The Kier molecular flexibility index (Phi) is 6.26. The second-order valence-electron chi connectivity index (χ2n) is 4.77. The van der Waals surface area contributed by atoms with Gasteiger partial charge in [-0.15, -0.1) is 11.3 Å². The minimum absolute atomic E-state index is 0.388. The molecule has 20 heavy (non-hydrogen) atoms. The highest BCUT2D eigenvalue weighted by atomic mass is 79.9. The van der Waals surface area contributed by atoms with Gasteiger partial charge in [-0.2, -0.15) is 0 Å². The van der Waals surface area contributed by atoms with Gasteiger partial charge in [0.15, 0.2) is 0 Å². The molecule has 0 bridgehead atoms. The van der Waals surface area contributed by atoms with Crippen LogP contribution in [0.15, 0.2) is 26.7 Å². The third-order valence-electron chi connectivity index (χ3n) is 3.23. The van der Waals surface area contributed by atoms with Gasteiger partial charge in [0.05, 0.1) is 3.79 Å². The van der Waals surface area contributed by atoms with Crippen molar-refractivity contribution in [2.45, 2.75) is 32.2 Å². The quantitative estimate of drug-likeness (QED) is 0.704. The predicted octanol–water partition coefficient (Wildman–Crippen LogP) is 4.68. The molecule has 0 saturated carbocycles. The summed E-state index contributed by atoms with van der Waals surface area (Å²) < 4.78 is 4.39. The van der Waals surface area contributed by atoms with E-state index in [0.717, 1.165) is 39.9 Å². The first-order valence-electron chi connectivity index (χ1n) is 6.76. The number of nitrogens with zero attached hydrogens (tertiary/aromatic N) is 2. The van der Waals surface area contributed by atoms with Crippen LogP contribution in [0.25, 0.3) is 0 Å². The molecule has 1 atom stereocenters. The molecule has 0 amide bonds. The fourth-order valence-electron chi connectivity index (χ4n) is 2.11. The Labute approximate surface area is 141 Å². The highest BCUT2D eigenvalue weighted by Gasteiger charge is 2.16. The Bertz CT molecular complexity index is 531. The monoisotopic (exact) mass is 419 g/mol. The van der Waals surface area contributed by atoms with Crippen molar-refractivity contribution in [2.24, 2.45) is 7.05 Å². The number of rotatable bonds is 7. The summed E-state index contributed by atoms with van der Waals surface area (Å²) in [4.78, 5) is 5.77. The first-order chi connectivity index (χ1) is 9.61. The lowest BCUT2D eigenvalue weighted by Crippen LogP contribution is -2.22. The highest BCUT2D eigenvalue weighted by molar-refractivity contribution is 9.13. The molecule has 2 aromatic rings. The molecular formula is C14H19Br2N3S. The van der Waals surface area contributed by atoms with E-state index in [2.05, 4.69) is 66.8 Å². The molecule has 110 valence electrons. The van der Waals surface area contributed by atoms with Crippen molar-refractivity contribution >= 4 is 43.2 Å². The number of halogens is 2. The molecule has 3 nitrogen and oxygen atoms in total. The molecule has 0 aliphatic carbocycles. The van der Waals surface area contributed by atoms with E-state index in [0.29, 0.717) is 6.04 Å². The number of hydrogen-bond acceptors (Lipinski definition) is 3. The highest BCUT2D eigenvalue weighted by Crippen LogP contribution is 2.36. The zero-order chi connectivity index (χ0) is 14.5. The van der Waals surface area contributed by atoms with Gasteiger partial charge in [0.25, 0.3) is 0 Å². The maximum atomic E-state index is 4.40. The van der Waals surface area contributed by atoms with Gasteiger partial charge in [0.2, 0.25) is 0 Å². The van der Waals surface area contributed by atoms with Crippen LogP contribution in [0.5, 0.6) is 0 Å². The van der Waals surface area contributed by atoms with Gasteiger partial charge in [0, 0.05) is 41.3 Å². The molecule has 0 spiro atoms. The second kappa shape index (κ2) is 7.73. The molecule has 6 heteroatoms. The van der Waals surface area contributed by atoms with Crippen molar-refractivity contribution in [3.8, 4) is 0 Å². The summed E-state index contributed by atoms with van der Waals surface area (Å²) in [5.74, 6) is 1.14. The fourth-order valence-corrected chi connectivity index (χ4v) is 4.31. The van der Waals surface area contributed by atoms with Crippen LogP contribution in [0.2, 0.25) is 0 Å². The second-order valence-corrected chi connectivity index (χ2v) is 8.03. The van der Waals surface area contributed by atoms with Crippen molar-refractivity contribution in [1.82, 2.24) is 14.9 Å². The molecule has 2 heterocycles. The predicted molar refractivity (Wildman–Crippen MR) is 92.3 cm³/mol. The standard InChI is InChI=1S/C14H19Br2N3S/c1-3-6-17-11(12-9-10(15)14(16)20-12)4-5-13-18-7-8-19(13)2/h7-9,11,17H,3-6H2,1-2H3. The van der Waals surface area contributed by atoms with Crippen molar-refractivity contribution in [2.75, 3.05) is 6.54 Å². The molecule has 2 aromatic heterocycles. The Balaban J connectivity index is 2.05. The Morgan fingerprint density at radius 3 is 2.80 bits per heavy atom. The van der Waals surface area contributed by atoms with E-state index < -0.39 is 0 Å². The van der Waals surface area contributed by atoms with Crippen LogP contribution < -0.4 is 5.32 Å². The largest absolute Gasteiger partial charge is 0.338 e. The third kappa shape index (κ3) is 4.16. The van der Waals surface area contributed by atoms with Crippen molar-refractivity contribution in [1.29, 1.82) is 0 Å². The average Bonchev–Trinajstić information content (AvgIpc) is 2.97. The van der Waals surface area contributed by atoms with Crippen molar-refractivity contribution in [3.05, 3.63) is 37.4 Å². The molecule has 0 radical (unpaired) electrons. The number of aromatic nitrogens is 2. The fraction of sp³-hybridized carbons (Fsp3) is 0.500. The average molecular weight is 421 g/mol. The van der Waals surface area contributed by atoms with Crippen LogP contribution >= 0.6 is 43.2 Å². The number of hydrogen-bond donors (Lipinski definition) is 1. The van der Waals surface area contributed by atoms with E-state index in [4.69, 9.17) is 0 Å². The van der Waals surface area contributed by atoms with E-state index in [9.17, 15) is 0 Å². The molecule has 1 unspecified atom stereocenters.